The molecule has 1 aliphatic heterocycles. The zero-order valence-electron chi connectivity index (χ0n) is 13.0. The van der Waals surface area contributed by atoms with Gasteiger partial charge in [0.15, 0.2) is 0 Å². The number of nitrogens with zero attached hydrogens (tertiary/aromatic N) is 2. The molecule has 3 rings (SSSR count). The zero-order valence-corrected chi connectivity index (χ0v) is 13.0. The number of nitro groups is 1. The van der Waals surface area contributed by atoms with Gasteiger partial charge in [0.2, 0.25) is 11.8 Å². The van der Waals surface area contributed by atoms with Gasteiger partial charge in [0, 0.05) is 23.1 Å². The van der Waals surface area contributed by atoms with Crippen LogP contribution in [0.25, 0.3) is 0 Å². The second kappa shape index (κ2) is 4.15. The number of piperidine rings is 1. The first kappa shape index (κ1) is 14.7. The number of carbonyl (C=O) groups is 2. The number of hydrogen-bond acceptors (Lipinski definition) is 4. The summed E-state index contributed by atoms with van der Waals surface area (Å²) >= 11 is 0. The van der Waals surface area contributed by atoms with Crippen molar-refractivity contribution in [3.63, 3.8) is 0 Å². The van der Waals surface area contributed by atoms with Gasteiger partial charge < -0.3 is 0 Å². The van der Waals surface area contributed by atoms with Crippen LogP contribution in [0.3, 0.4) is 0 Å². The van der Waals surface area contributed by atoms with E-state index in [0.717, 1.165) is 5.56 Å². The SMILES string of the molecule is CC1(c2ccc([N+](=O)[O-])cc2)[C@@H]2C(=O)N(C(C)(C)C)C(=O)[C@@H]21. The number of imide groups is 1. The summed E-state index contributed by atoms with van der Waals surface area (Å²) in [5.74, 6) is -0.965. The fourth-order valence-electron chi connectivity index (χ4n) is 3.66. The Hall–Kier alpha value is -2.24. The first-order valence-electron chi connectivity index (χ1n) is 7.23. The molecule has 0 radical (unpaired) electrons. The molecule has 2 fully saturated rings. The van der Waals surface area contributed by atoms with E-state index >= 15 is 0 Å². The molecule has 1 saturated carbocycles. The lowest BCUT2D eigenvalue weighted by molar-refractivity contribution is -0.384. The Morgan fingerprint density at radius 2 is 1.55 bits per heavy atom. The Bertz CT molecular complexity index is 665. The van der Waals surface area contributed by atoms with E-state index in [4.69, 9.17) is 0 Å². The van der Waals surface area contributed by atoms with Gasteiger partial charge in [0.05, 0.1) is 16.8 Å². The zero-order chi connectivity index (χ0) is 16.4. The molecule has 1 heterocycles. The summed E-state index contributed by atoms with van der Waals surface area (Å²) in [5, 5.41) is 10.7. The van der Waals surface area contributed by atoms with Gasteiger partial charge >= 0.3 is 0 Å². The maximum atomic E-state index is 12.6. The predicted octanol–water partition coefficient (Wildman–Crippen LogP) is 2.27. The molecule has 116 valence electrons. The van der Waals surface area contributed by atoms with Gasteiger partial charge in [0.1, 0.15) is 0 Å². The van der Waals surface area contributed by atoms with Crippen molar-refractivity contribution in [1.82, 2.24) is 4.90 Å². The molecule has 1 aliphatic carbocycles. The maximum Gasteiger partial charge on any atom is 0.269 e. The highest BCUT2D eigenvalue weighted by atomic mass is 16.6. The van der Waals surface area contributed by atoms with Crippen molar-refractivity contribution >= 4 is 17.5 Å². The molecule has 2 amide bonds. The van der Waals surface area contributed by atoms with E-state index in [9.17, 15) is 19.7 Å². The third-order valence-electron chi connectivity index (χ3n) is 4.86. The molecule has 0 N–H and O–H groups in total. The quantitative estimate of drug-likeness (QED) is 0.477. The Balaban J connectivity index is 1.92. The van der Waals surface area contributed by atoms with Gasteiger partial charge in [-0.25, -0.2) is 0 Å². The van der Waals surface area contributed by atoms with Crippen LogP contribution in [-0.4, -0.2) is 27.2 Å². The van der Waals surface area contributed by atoms with Crippen LogP contribution in [0, 0.1) is 22.0 Å². The van der Waals surface area contributed by atoms with Crippen LogP contribution in [0.15, 0.2) is 24.3 Å². The topological polar surface area (TPSA) is 80.5 Å². The van der Waals surface area contributed by atoms with Gasteiger partial charge in [-0.05, 0) is 26.3 Å². The standard InChI is InChI=1S/C16H18N2O4/c1-15(2,3)17-13(19)11-12(14(17)20)16(11,4)9-5-7-10(8-6-9)18(21)22/h5-8,11-12H,1-4H3/t11-,12+,16?. The van der Waals surface area contributed by atoms with Crippen LogP contribution >= 0.6 is 0 Å². The number of carbonyl (C=O) groups excluding carboxylic acids is 2. The van der Waals surface area contributed by atoms with Gasteiger partial charge in [-0.2, -0.15) is 0 Å². The van der Waals surface area contributed by atoms with Crippen LogP contribution in [0.2, 0.25) is 0 Å². The number of benzene rings is 1. The molecule has 6 nitrogen and oxygen atoms in total. The molecule has 22 heavy (non-hydrogen) atoms. The molecule has 0 spiro atoms. The van der Waals surface area contributed by atoms with Gasteiger partial charge in [-0.1, -0.05) is 19.1 Å². The van der Waals surface area contributed by atoms with Crippen molar-refractivity contribution in [3.05, 3.63) is 39.9 Å². The van der Waals surface area contributed by atoms with Gasteiger partial charge in [-0.15, -0.1) is 0 Å². The number of fused-ring (bicyclic) bond motifs is 1. The maximum absolute atomic E-state index is 12.6. The Morgan fingerprint density at radius 1 is 1.09 bits per heavy atom. The molecule has 1 aromatic carbocycles. The largest absolute Gasteiger partial charge is 0.277 e. The number of nitro benzene ring substituents is 1. The minimum atomic E-state index is -0.537. The lowest BCUT2D eigenvalue weighted by Gasteiger charge is -2.33. The Kier molecular flexibility index (Phi) is 2.77. The highest BCUT2D eigenvalue weighted by Gasteiger charge is 2.76. The van der Waals surface area contributed by atoms with Gasteiger partial charge in [-0.3, -0.25) is 24.6 Å². The van der Waals surface area contributed by atoms with Crippen LogP contribution in [0.1, 0.15) is 33.3 Å². The van der Waals surface area contributed by atoms with E-state index in [1.54, 1.807) is 12.1 Å². The van der Waals surface area contributed by atoms with Crippen LogP contribution in [0.5, 0.6) is 0 Å². The molecule has 0 bridgehead atoms. The third-order valence-corrected chi connectivity index (χ3v) is 4.86. The molecule has 3 atom stereocenters. The summed E-state index contributed by atoms with van der Waals surface area (Å²) in [5.41, 5.74) is -0.237. The van der Waals surface area contributed by atoms with Crippen molar-refractivity contribution in [2.24, 2.45) is 11.8 Å². The average molecular weight is 302 g/mol. The van der Waals surface area contributed by atoms with Crippen LogP contribution in [-0.2, 0) is 15.0 Å². The van der Waals surface area contributed by atoms with Gasteiger partial charge in [0.25, 0.3) is 5.69 Å². The first-order valence-corrected chi connectivity index (χ1v) is 7.23. The van der Waals surface area contributed by atoms with Crippen molar-refractivity contribution in [2.75, 3.05) is 0 Å². The summed E-state index contributed by atoms with van der Waals surface area (Å²) in [7, 11) is 0. The van der Waals surface area contributed by atoms with Crippen molar-refractivity contribution < 1.29 is 14.5 Å². The molecular weight excluding hydrogens is 284 g/mol. The third kappa shape index (κ3) is 1.73. The fourth-order valence-corrected chi connectivity index (χ4v) is 3.66. The Labute approximate surface area is 128 Å². The summed E-state index contributed by atoms with van der Waals surface area (Å²) in [4.78, 5) is 36.7. The normalized spacial score (nSPS) is 30.5. The predicted molar refractivity (Wildman–Crippen MR) is 79.0 cm³/mol. The summed E-state index contributed by atoms with van der Waals surface area (Å²) < 4.78 is 0. The first-order chi connectivity index (χ1) is 10.1. The molecule has 6 heteroatoms. The molecule has 1 saturated heterocycles. The molecule has 1 aromatic rings. The average Bonchev–Trinajstić information content (AvgIpc) is 2.94. The minimum Gasteiger partial charge on any atom is -0.277 e. The highest BCUT2D eigenvalue weighted by Crippen LogP contribution is 2.65. The van der Waals surface area contributed by atoms with Crippen molar-refractivity contribution in [3.8, 4) is 0 Å². The van der Waals surface area contributed by atoms with E-state index in [0.29, 0.717) is 0 Å². The molecular formula is C16H18N2O4. The number of amides is 2. The van der Waals surface area contributed by atoms with E-state index in [2.05, 4.69) is 0 Å². The smallest absolute Gasteiger partial charge is 0.269 e. The van der Waals surface area contributed by atoms with Crippen molar-refractivity contribution in [2.45, 2.75) is 38.6 Å². The van der Waals surface area contributed by atoms with E-state index < -0.39 is 15.9 Å². The van der Waals surface area contributed by atoms with E-state index in [-0.39, 0.29) is 29.3 Å². The molecule has 2 aliphatic rings. The number of hydrogen-bond donors (Lipinski definition) is 0. The highest BCUT2D eigenvalue weighted by molar-refractivity contribution is 6.12. The summed E-state index contributed by atoms with van der Waals surface area (Å²) in [6.07, 6.45) is 0. The molecule has 0 aromatic heterocycles. The van der Waals surface area contributed by atoms with E-state index in [1.807, 2.05) is 27.7 Å². The lowest BCUT2D eigenvalue weighted by Crippen LogP contribution is -2.49. The second-order valence-electron chi connectivity index (χ2n) is 7.22. The van der Waals surface area contributed by atoms with Crippen LogP contribution < -0.4 is 0 Å². The lowest BCUT2D eigenvalue weighted by atomic mass is 9.90. The van der Waals surface area contributed by atoms with E-state index in [1.165, 1.54) is 17.0 Å². The fraction of sp³-hybridized carbons (Fsp3) is 0.500. The monoisotopic (exact) mass is 302 g/mol. The second-order valence-corrected chi connectivity index (χ2v) is 7.22. The summed E-state index contributed by atoms with van der Waals surface area (Å²) in [6.45, 7) is 7.42. The Morgan fingerprint density at radius 3 is 1.91 bits per heavy atom. The molecule has 1 unspecified atom stereocenters. The summed E-state index contributed by atoms with van der Waals surface area (Å²) in [6, 6.07) is 6.15. The number of rotatable bonds is 2. The number of likely N-dealkylation sites (tertiary alicyclic amines) is 1. The van der Waals surface area contributed by atoms with Crippen LogP contribution in [0.4, 0.5) is 5.69 Å². The van der Waals surface area contributed by atoms with Crippen molar-refractivity contribution in [1.29, 1.82) is 0 Å². The minimum absolute atomic E-state index is 0.00660. The number of non-ortho nitro benzene ring substituents is 1.